The minimum atomic E-state index is -0.316. The zero-order valence-corrected chi connectivity index (χ0v) is 11.6. The second-order valence-electron chi connectivity index (χ2n) is 4.92. The second-order valence-corrected chi connectivity index (χ2v) is 4.92. The summed E-state index contributed by atoms with van der Waals surface area (Å²) in [6.45, 7) is 0. The van der Waals surface area contributed by atoms with Crippen molar-refractivity contribution in [2.24, 2.45) is 5.73 Å². The first-order valence-corrected chi connectivity index (χ1v) is 6.90. The van der Waals surface area contributed by atoms with E-state index in [2.05, 4.69) is 32.2 Å². The van der Waals surface area contributed by atoms with Gasteiger partial charge in [0.2, 0.25) is 5.89 Å². The zero-order valence-electron chi connectivity index (χ0n) is 11.6. The highest BCUT2D eigenvalue weighted by atomic mass is 16.5. The largest absolute Gasteiger partial charge is 0.348 e. The predicted molar refractivity (Wildman–Crippen MR) is 77.4 cm³/mol. The number of rotatable bonds is 6. The van der Waals surface area contributed by atoms with Crippen molar-refractivity contribution >= 4 is 0 Å². The van der Waals surface area contributed by atoms with Crippen molar-refractivity contribution in [2.75, 3.05) is 0 Å². The molecule has 0 fully saturated rings. The highest BCUT2D eigenvalue weighted by Crippen LogP contribution is 2.13. The van der Waals surface area contributed by atoms with Gasteiger partial charge in [0.1, 0.15) is 0 Å². The molecule has 0 saturated carbocycles. The third-order valence-electron chi connectivity index (χ3n) is 3.28. The molecule has 0 aliphatic carbocycles. The standard InChI is InChI=1S/C15H17N5O/c16-13(8-12-9-17-10-18-12)15-19-14(20-21-15)7-6-11-4-2-1-3-5-11/h1-5,9-10,13H,6-8,16H2,(H,17,18)/t13-/m0/s1. The Morgan fingerprint density at radius 3 is 2.81 bits per heavy atom. The lowest BCUT2D eigenvalue weighted by Crippen LogP contribution is -2.14. The molecule has 21 heavy (non-hydrogen) atoms. The molecule has 0 radical (unpaired) electrons. The quantitative estimate of drug-likeness (QED) is 0.719. The summed E-state index contributed by atoms with van der Waals surface area (Å²) in [4.78, 5) is 11.3. The van der Waals surface area contributed by atoms with Crippen LogP contribution in [0.4, 0.5) is 0 Å². The van der Waals surface area contributed by atoms with Gasteiger partial charge in [-0.2, -0.15) is 4.98 Å². The Kier molecular flexibility index (Phi) is 4.07. The molecule has 3 N–H and O–H groups in total. The number of nitrogens with one attached hydrogen (secondary N) is 1. The zero-order chi connectivity index (χ0) is 14.5. The van der Waals surface area contributed by atoms with Gasteiger partial charge in [-0.05, 0) is 12.0 Å². The van der Waals surface area contributed by atoms with Gasteiger partial charge in [0.05, 0.1) is 12.4 Å². The molecule has 108 valence electrons. The molecule has 2 aromatic heterocycles. The van der Waals surface area contributed by atoms with E-state index in [4.69, 9.17) is 10.3 Å². The molecular weight excluding hydrogens is 266 g/mol. The average molecular weight is 283 g/mol. The van der Waals surface area contributed by atoms with E-state index in [1.54, 1.807) is 12.5 Å². The molecule has 1 aromatic carbocycles. The molecule has 0 bridgehead atoms. The Hall–Kier alpha value is -2.47. The van der Waals surface area contributed by atoms with Crippen molar-refractivity contribution < 1.29 is 4.52 Å². The minimum Gasteiger partial charge on any atom is -0.348 e. The van der Waals surface area contributed by atoms with Crippen LogP contribution in [0.5, 0.6) is 0 Å². The first-order chi connectivity index (χ1) is 10.3. The van der Waals surface area contributed by atoms with Crippen molar-refractivity contribution in [3.05, 3.63) is 65.8 Å². The summed E-state index contributed by atoms with van der Waals surface area (Å²) in [5, 5.41) is 3.99. The van der Waals surface area contributed by atoms with Gasteiger partial charge >= 0.3 is 0 Å². The fourth-order valence-corrected chi connectivity index (χ4v) is 2.14. The Labute approximate surface area is 122 Å². The number of nitrogens with two attached hydrogens (primary N) is 1. The average Bonchev–Trinajstić information content (AvgIpc) is 3.17. The normalized spacial score (nSPS) is 12.4. The van der Waals surface area contributed by atoms with Gasteiger partial charge in [0.25, 0.3) is 0 Å². The van der Waals surface area contributed by atoms with Gasteiger partial charge < -0.3 is 15.2 Å². The molecule has 3 aromatic rings. The van der Waals surface area contributed by atoms with Gasteiger partial charge in [-0.3, -0.25) is 0 Å². The molecule has 0 unspecified atom stereocenters. The van der Waals surface area contributed by atoms with Gasteiger partial charge in [-0.1, -0.05) is 35.5 Å². The van der Waals surface area contributed by atoms with Crippen LogP contribution in [0.3, 0.4) is 0 Å². The van der Waals surface area contributed by atoms with Gasteiger partial charge in [0, 0.05) is 24.7 Å². The second kappa shape index (κ2) is 6.32. The molecule has 0 saturated heterocycles. The van der Waals surface area contributed by atoms with Gasteiger partial charge in [0.15, 0.2) is 5.82 Å². The van der Waals surface area contributed by atoms with Crippen molar-refractivity contribution in [3.63, 3.8) is 0 Å². The maximum Gasteiger partial charge on any atom is 0.243 e. The third kappa shape index (κ3) is 3.55. The number of aromatic amines is 1. The van der Waals surface area contributed by atoms with Crippen LogP contribution in [0, 0.1) is 0 Å². The molecule has 0 aliphatic heterocycles. The number of H-pyrrole nitrogens is 1. The first-order valence-electron chi connectivity index (χ1n) is 6.90. The Bertz CT molecular complexity index is 662. The molecule has 0 amide bonds. The lowest BCUT2D eigenvalue weighted by molar-refractivity contribution is 0.349. The third-order valence-corrected chi connectivity index (χ3v) is 3.28. The van der Waals surface area contributed by atoms with Crippen molar-refractivity contribution in [1.29, 1.82) is 0 Å². The van der Waals surface area contributed by atoms with Gasteiger partial charge in [-0.25, -0.2) is 4.98 Å². The molecule has 1 atom stereocenters. The summed E-state index contributed by atoms with van der Waals surface area (Å²) >= 11 is 0. The molecule has 6 nitrogen and oxygen atoms in total. The Morgan fingerprint density at radius 1 is 1.19 bits per heavy atom. The van der Waals surface area contributed by atoms with Gasteiger partial charge in [-0.15, -0.1) is 0 Å². The molecule has 0 aliphatic rings. The summed E-state index contributed by atoms with van der Waals surface area (Å²) in [5.41, 5.74) is 8.27. The maximum atomic E-state index is 6.06. The molecule has 0 spiro atoms. The van der Waals surface area contributed by atoms with E-state index in [0.29, 0.717) is 18.1 Å². The molecule has 2 heterocycles. The van der Waals surface area contributed by atoms with E-state index in [1.165, 1.54) is 5.56 Å². The molecule has 3 rings (SSSR count). The highest BCUT2D eigenvalue weighted by Gasteiger charge is 2.15. The van der Waals surface area contributed by atoms with Crippen LogP contribution in [-0.4, -0.2) is 20.1 Å². The number of benzene rings is 1. The van der Waals surface area contributed by atoms with Crippen LogP contribution in [0.1, 0.15) is 29.0 Å². The van der Waals surface area contributed by atoms with E-state index in [0.717, 1.165) is 18.5 Å². The fraction of sp³-hybridized carbons (Fsp3) is 0.267. The topological polar surface area (TPSA) is 93.6 Å². The lowest BCUT2D eigenvalue weighted by atomic mass is 10.1. The smallest absolute Gasteiger partial charge is 0.243 e. The number of imidazole rings is 1. The van der Waals surface area contributed by atoms with Crippen LogP contribution in [-0.2, 0) is 19.3 Å². The van der Waals surface area contributed by atoms with Crippen molar-refractivity contribution in [3.8, 4) is 0 Å². The van der Waals surface area contributed by atoms with E-state index < -0.39 is 0 Å². The summed E-state index contributed by atoms with van der Waals surface area (Å²) in [5.74, 6) is 1.15. The number of nitrogens with zero attached hydrogens (tertiary/aromatic N) is 3. The summed E-state index contributed by atoms with van der Waals surface area (Å²) in [6, 6.07) is 9.91. The number of hydrogen-bond acceptors (Lipinski definition) is 5. The predicted octanol–water partition coefficient (Wildman–Crippen LogP) is 1.82. The van der Waals surface area contributed by atoms with E-state index in [-0.39, 0.29) is 6.04 Å². The summed E-state index contributed by atoms with van der Waals surface area (Å²) in [7, 11) is 0. The van der Waals surface area contributed by atoms with Crippen LogP contribution >= 0.6 is 0 Å². The number of aromatic nitrogens is 4. The SMILES string of the molecule is N[C@@H](Cc1cnc[nH]1)c1nc(CCc2ccccc2)no1. The summed E-state index contributed by atoms with van der Waals surface area (Å²) < 4.78 is 5.24. The molecule has 6 heteroatoms. The van der Waals surface area contributed by atoms with Crippen LogP contribution in [0.2, 0.25) is 0 Å². The Morgan fingerprint density at radius 2 is 2.05 bits per heavy atom. The Balaban J connectivity index is 1.58. The van der Waals surface area contributed by atoms with Crippen LogP contribution in [0.15, 0.2) is 47.4 Å². The molecular formula is C15H17N5O. The van der Waals surface area contributed by atoms with Crippen molar-refractivity contribution in [2.45, 2.75) is 25.3 Å². The van der Waals surface area contributed by atoms with Crippen LogP contribution < -0.4 is 5.73 Å². The summed E-state index contributed by atoms with van der Waals surface area (Å²) in [6.07, 6.45) is 5.59. The maximum absolute atomic E-state index is 6.06. The van der Waals surface area contributed by atoms with E-state index >= 15 is 0 Å². The van der Waals surface area contributed by atoms with Crippen molar-refractivity contribution in [1.82, 2.24) is 20.1 Å². The number of hydrogen-bond donors (Lipinski definition) is 2. The van der Waals surface area contributed by atoms with E-state index in [9.17, 15) is 0 Å². The van der Waals surface area contributed by atoms with E-state index in [1.807, 2.05) is 18.2 Å². The monoisotopic (exact) mass is 283 g/mol. The van der Waals surface area contributed by atoms with Crippen LogP contribution in [0.25, 0.3) is 0 Å². The fourth-order valence-electron chi connectivity index (χ4n) is 2.14. The lowest BCUT2D eigenvalue weighted by Gasteiger charge is -2.03. The minimum absolute atomic E-state index is 0.316. The highest BCUT2D eigenvalue weighted by molar-refractivity contribution is 5.15. The first kappa shape index (κ1) is 13.5. The number of aryl methyl sites for hydroxylation is 2.